The molecular weight excluding hydrogens is 540 g/mol. The van der Waals surface area contributed by atoms with Gasteiger partial charge in [0.1, 0.15) is 11.2 Å². The predicted molar refractivity (Wildman–Crippen MR) is 153 cm³/mol. The number of likely N-dealkylation sites (tertiary alicyclic amines) is 1. The summed E-state index contributed by atoms with van der Waals surface area (Å²) < 4.78 is 31.1. The lowest BCUT2D eigenvalue weighted by Gasteiger charge is -2.70. The number of fused-ring (bicyclic) bond motifs is 2. The van der Waals surface area contributed by atoms with Gasteiger partial charge in [-0.25, -0.2) is 4.79 Å². The number of carbonyl (C=O) groups is 1. The van der Waals surface area contributed by atoms with Crippen LogP contribution in [0.2, 0.25) is 0 Å². The molecule has 5 aliphatic carbocycles. The van der Waals surface area contributed by atoms with Gasteiger partial charge in [-0.05, 0) is 43.9 Å². The van der Waals surface area contributed by atoms with Gasteiger partial charge in [0.25, 0.3) is 0 Å². The number of para-hydroxylation sites is 1. The molecule has 10 heteroatoms. The second-order valence-corrected chi connectivity index (χ2v) is 13.8. The molecule has 10 nitrogen and oxygen atoms in total. The van der Waals surface area contributed by atoms with Gasteiger partial charge in [-0.2, -0.15) is 0 Å². The van der Waals surface area contributed by atoms with Crippen LogP contribution in [0.5, 0.6) is 0 Å². The minimum absolute atomic E-state index is 0.00697. The number of esters is 1. The first-order valence-electron chi connectivity index (χ1n) is 15.5. The molecule has 1 aromatic carbocycles. The third-order valence-electron chi connectivity index (χ3n) is 13.0. The van der Waals surface area contributed by atoms with Crippen LogP contribution in [0.15, 0.2) is 24.3 Å². The lowest BCUT2D eigenvalue weighted by molar-refractivity contribution is -0.320. The minimum Gasteiger partial charge on any atom is -0.461 e. The molecule has 6 aliphatic rings. The van der Waals surface area contributed by atoms with E-state index in [4.69, 9.17) is 29.4 Å². The van der Waals surface area contributed by atoms with Crippen molar-refractivity contribution in [1.29, 1.82) is 0 Å². The number of anilines is 1. The fourth-order valence-electron chi connectivity index (χ4n) is 12.0. The van der Waals surface area contributed by atoms with Crippen molar-refractivity contribution < 1.29 is 38.7 Å². The lowest BCUT2D eigenvalue weighted by Crippen LogP contribution is -2.82. The highest BCUT2D eigenvalue weighted by Crippen LogP contribution is 2.80. The number of methoxy groups -OCH3 is 4. The van der Waals surface area contributed by atoms with Gasteiger partial charge in [-0.1, -0.05) is 19.1 Å². The third-order valence-corrected chi connectivity index (χ3v) is 13.0. The number of likely N-dealkylation sites (N-methyl/N-ethyl adjacent to an activating group) is 1. The molecular formula is C32H46N2O8. The van der Waals surface area contributed by atoms with Crippen LogP contribution in [-0.2, 0) is 23.7 Å². The Kier molecular flexibility index (Phi) is 6.62. The molecule has 42 heavy (non-hydrogen) atoms. The monoisotopic (exact) mass is 586 g/mol. The number of hydrogen-bond donors (Lipinski definition) is 3. The van der Waals surface area contributed by atoms with Gasteiger partial charge in [0.2, 0.25) is 0 Å². The molecule has 7 rings (SSSR count). The quantitative estimate of drug-likeness (QED) is 0.306. The standard InChI is InChI=1S/C32H46N2O8/c1-6-34-15-29(16-42-27(35)17-9-7-8-10-20(17)33)12-11-22(39-3)31-19-13-18-21(38-2)14-30(36,23(19)24(18)40-4)32(37,28(31)34)26(41-5)25(29)31/h7-10,18-19,21-26,28,36-37H,6,11-16,33H2,1-5H3/t18-,19-,21-,22-,23+,24-,25+,26-,28?,29-,30+,31?,32?/m0/s1. The van der Waals surface area contributed by atoms with E-state index in [0.717, 1.165) is 19.3 Å². The Morgan fingerprint density at radius 2 is 1.86 bits per heavy atom. The molecule has 4 N–H and O–H groups in total. The number of aliphatic hydroxyl groups is 2. The van der Waals surface area contributed by atoms with Crippen molar-refractivity contribution in [2.75, 3.05) is 53.9 Å². The first-order valence-corrected chi connectivity index (χ1v) is 15.5. The van der Waals surface area contributed by atoms with E-state index in [-0.39, 0.29) is 48.6 Å². The van der Waals surface area contributed by atoms with Crippen molar-refractivity contribution >= 4 is 11.7 Å². The van der Waals surface area contributed by atoms with Crippen LogP contribution in [0.25, 0.3) is 0 Å². The van der Waals surface area contributed by atoms with Crippen molar-refractivity contribution in [1.82, 2.24) is 4.90 Å². The average Bonchev–Trinajstić information content (AvgIpc) is 3.41. The zero-order valence-corrected chi connectivity index (χ0v) is 25.3. The highest BCUT2D eigenvalue weighted by molar-refractivity contribution is 5.95. The summed E-state index contributed by atoms with van der Waals surface area (Å²) in [5, 5.41) is 26.3. The molecule has 13 atom stereocenters. The van der Waals surface area contributed by atoms with Gasteiger partial charge in [0, 0.05) is 75.7 Å². The van der Waals surface area contributed by atoms with Crippen molar-refractivity contribution in [2.45, 2.75) is 74.3 Å². The maximum absolute atomic E-state index is 13.4. The first-order chi connectivity index (χ1) is 20.1. The molecule has 5 saturated carbocycles. The van der Waals surface area contributed by atoms with Crippen molar-refractivity contribution in [3.63, 3.8) is 0 Å². The van der Waals surface area contributed by atoms with Crippen LogP contribution in [0.1, 0.15) is 43.0 Å². The predicted octanol–water partition coefficient (Wildman–Crippen LogP) is 1.72. The highest BCUT2D eigenvalue weighted by Gasteiger charge is 2.91. The lowest BCUT2D eigenvalue weighted by atomic mass is 9.42. The van der Waals surface area contributed by atoms with Crippen LogP contribution >= 0.6 is 0 Å². The fourth-order valence-corrected chi connectivity index (χ4v) is 12.0. The Bertz CT molecular complexity index is 1250. The normalized spacial score (nSPS) is 50.1. The molecule has 7 bridgehead atoms. The number of rotatable bonds is 8. The Morgan fingerprint density at radius 1 is 1.10 bits per heavy atom. The highest BCUT2D eigenvalue weighted by atomic mass is 16.5. The Labute approximate surface area is 247 Å². The van der Waals surface area contributed by atoms with E-state index in [9.17, 15) is 15.0 Å². The smallest absolute Gasteiger partial charge is 0.340 e. The molecule has 0 aromatic heterocycles. The summed E-state index contributed by atoms with van der Waals surface area (Å²) in [6.45, 7) is 3.54. The molecule has 1 spiro atoms. The summed E-state index contributed by atoms with van der Waals surface area (Å²) >= 11 is 0. The second-order valence-electron chi connectivity index (χ2n) is 13.8. The minimum atomic E-state index is -1.62. The summed E-state index contributed by atoms with van der Waals surface area (Å²) in [4.78, 5) is 15.7. The van der Waals surface area contributed by atoms with E-state index in [1.165, 1.54) is 0 Å². The van der Waals surface area contributed by atoms with Gasteiger partial charge in [-0.15, -0.1) is 0 Å². The van der Waals surface area contributed by atoms with Gasteiger partial charge in [-0.3, -0.25) is 4.90 Å². The molecule has 1 aromatic rings. The Hall–Kier alpha value is -1.79. The van der Waals surface area contributed by atoms with Crippen molar-refractivity contribution in [3.05, 3.63) is 29.8 Å². The number of hydrogen-bond acceptors (Lipinski definition) is 10. The number of nitrogens with zero attached hydrogens (tertiary/aromatic N) is 1. The van der Waals surface area contributed by atoms with Gasteiger partial charge >= 0.3 is 5.97 Å². The molecule has 0 radical (unpaired) electrons. The number of piperidine rings is 1. The summed E-state index contributed by atoms with van der Waals surface area (Å²) in [6.07, 6.45) is 1.22. The SMILES string of the molecule is CCN1C[C@]2(COC(=O)c3ccccc3N)CC[C@H](OC)C34C1C(O)([C@@H](OC)[C@@H]32)[C@@]1(O)C[C@H](OC)[C@@H]2C[C@H]4[C@@H]1[C@H]2OC. The van der Waals surface area contributed by atoms with E-state index in [1.807, 2.05) is 0 Å². The number of benzene rings is 1. The largest absolute Gasteiger partial charge is 0.461 e. The topological polar surface area (TPSA) is 133 Å². The maximum Gasteiger partial charge on any atom is 0.340 e. The van der Waals surface area contributed by atoms with E-state index in [1.54, 1.807) is 52.7 Å². The molecule has 1 aliphatic heterocycles. The molecule has 6 fully saturated rings. The van der Waals surface area contributed by atoms with Crippen molar-refractivity contribution in [3.8, 4) is 0 Å². The summed E-state index contributed by atoms with van der Waals surface area (Å²) in [5.74, 6) is -0.892. The number of ether oxygens (including phenoxy) is 5. The summed E-state index contributed by atoms with van der Waals surface area (Å²) in [6, 6.07) is 6.55. The maximum atomic E-state index is 13.4. The molecule has 232 valence electrons. The first kappa shape index (κ1) is 29.0. The van der Waals surface area contributed by atoms with Crippen LogP contribution in [0, 0.1) is 34.5 Å². The zero-order chi connectivity index (χ0) is 29.8. The Morgan fingerprint density at radius 3 is 2.50 bits per heavy atom. The third kappa shape index (κ3) is 3.12. The Balaban J connectivity index is 1.41. The fraction of sp³-hybridized carbons (Fsp3) is 0.781. The summed E-state index contributed by atoms with van der Waals surface area (Å²) in [5.41, 5.74) is 2.65. The van der Waals surface area contributed by atoms with E-state index >= 15 is 0 Å². The van der Waals surface area contributed by atoms with Gasteiger partial charge in [0.15, 0.2) is 0 Å². The summed E-state index contributed by atoms with van der Waals surface area (Å²) in [7, 11) is 6.80. The van der Waals surface area contributed by atoms with Gasteiger partial charge in [0.05, 0.1) is 42.6 Å². The van der Waals surface area contributed by atoms with Crippen LogP contribution in [-0.4, -0.2) is 111 Å². The van der Waals surface area contributed by atoms with E-state index in [2.05, 4.69) is 11.8 Å². The number of carbonyl (C=O) groups excluding carboxylic acids is 1. The van der Waals surface area contributed by atoms with Crippen LogP contribution in [0.3, 0.4) is 0 Å². The van der Waals surface area contributed by atoms with Crippen LogP contribution < -0.4 is 5.73 Å². The number of nitrogens with two attached hydrogens (primary N) is 1. The molecule has 3 unspecified atom stereocenters. The zero-order valence-electron chi connectivity index (χ0n) is 25.3. The molecule has 0 amide bonds. The van der Waals surface area contributed by atoms with Crippen molar-refractivity contribution in [2.24, 2.45) is 34.5 Å². The van der Waals surface area contributed by atoms with Gasteiger partial charge < -0.3 is 39.6 Å². The van der Waals surface area contributed by atoms with E-state index < -0.39 is 40.1 Å². The molecule has 1 heterocycles. The van der Waals surface area contributed by atoms with E-state index in [0.29, 0.717) is 30.8 Å². The average molecular weight is 587 g/mol. The van der Waals surface area contributed by atoms with Crippen LogP contribution in [0.4, 0.5) is 5.69 Å². The second kappa shape index (κ2) is 9.60. The number of nitrogen functional groups attached to an aromatic ring is 1. The molecule has 1 saturated heterocycles.